The molecule has 1 aliphatic heterocycles. The monoisotopic (exact) mass is 367 g/mol. The fourth-order valence-corrected chi connectivity index (χ4v) is 2.99. The molecular formula is C14H14IN3O. The highest BCUT2D eigenvalue weighted by Gasteiger charge is 2.24. The van der Waals surface area contributed by atoms with Gasteiger partial charge in [-0.15, -0.1) is 0 Å². The summed E-state index contributed by atoms with van der Waals surface area (Å²) < 4.78 is 2.98. The Bertz CT molecular complexity index is 635. The zero-order valence-electron chi connectivity index (χ0n) is 10.6. The third kappa shape index (κ3) is 2.51. The lowest BCUT2D eigenvalue weighted by Gasteiger charge is -2.29. The van der Waals surface area contributed by atoms with Crippen LogP contribution in [0.25, 0.3) is 0 Å². The van der Waals surface area contributed by atoms with Gasteiger partial charge in [0.15, 0.2) is 0 Å². The van der Waals surface area contributed by atoms with Crippen molar-refractivity contribution >= 4 is 34.2 Å². The second-order valence-electron chi connectivity index (χ2n) is 4.78. The highest BCUT2D eigenvalue weighted by Crippen LogP contribution is 2.30. The minimum absolute atomic E-state index is 0.192. The van der Waals surface area contributed by atoms with Crippen molar-refractivity contribution in [3.05, 3.63) is 45.3 Å². The third-order valence-electron chi connectivity index (χ3n) is 3.34. The van der Waals surface area contributed by atoms with Crippen molar-refractivity contribution in [3.63, 3.8) is 0 Å². The number of nitrogens with zero attached hydrogens (tertiary/aromatic N) is 3. The molecule has 0 unspecified atom stereocenters. The molecule has 1 aliphatic rings. The van der Waals surface area contributed by atoms with Crippen LogP contribution in [0, 0.1) is 3.57 Å². The van der Waals surface area contributed by atoms with Crippen molar-refractivity contribution in [2.24, 2.45) is 7.05 Å². The van der Waals surface area contributed by atoms with Gasteiger partial charge < -0.3 is 4.90 Å². The first kappa shape index (κ1) is 12.7. The van der Waals surface area contributed by atoms with E-state index in [2.05, 4.69) is 33.8 Å². The number of hydrogen-bond donors (Lipinski definition) is 0. The number of fused-ring (bicyclic) bond motifs is 1. The number of anilines is 1. The van der Waals surface area contributed by atoms with Gasteiger partial charge in [-0.2, -0.15) is 5.10 Å². The van der Waals surface area contributed by atoms with Crippen molar-refractivity contribution in [3.8, 4) is 0 Å². The Morgan fingerprint density at radius 1 is 1.37 bits per heavy atom. The number of carbonyl (C=O) groups excluding carboxylic acids is 1. The van der Waals surface area contributed by atoms with Crippen molar-refractivity contribution in [2.45, 2.75) is 19.4 Å². The van der Waals surface area contributed by atoms with Crippen molar-refractivity contribution in [1.29, 1.82) is 0 Å². The topological polar surface area (TPSA) is 38.1 Å². The molecule has 1 amide bonds. The van der Waals surface area contributed by atoms with Crippen LogP contribution in [-0.2, 0) is 24.8 Å². The Balaban J connectivity index is 1.94. The molecule has 4 nitrogen and oxygen atoms in total. The van der Waals surface area contributed by atoms with Gasteiger partial charge in [0.2, 0.25) is 5.91 Å². The van der Waals surface area contributed by atoms with E-state index >= 15 is 0 Å². The fourth-order valence-electron chi connectivity index (χ4n) is 2.44. The van der Waals surface area contributed by atoms with E-state index in [1.165, 1.54) is 9.13 Å². The van der Waals surface area contributed by atoms with E-state index in [1.54, 1.807) is 4.68 Å². The van der Waals surface area contributed by atoms with E-state index in [9.17, 15) is 4.79 Å². The van der Waals surface area contributed by atoms with E-state index in [4.69, 9.17) is 0 Å². The number of rotatable bonds is 2. The van der Waals surface area contributed by atoms with Gasteiger partial charge in [-0.1, -0.05) is 0 Å². The summed E-state index contributed by atoms with van der Waals surface area (Å²) in [6.45, 7) is 0.597. The first-order valence-electron chi connectivity index (χ1n) is 6.20. The fraction of sp³-hybridized carbons (Fsp3) is 0.286. The van der Waals surface area contributed by atoms with Crippen LogP contribution in [0.4, 0.5) is 5.69 Å². The van der Waals surface area contributed by atoms with E-state index in [1.807, 2.05) is 36.5 Å². The van der Waals surface area contributed by atoms with Crippen molar-refractivity contribution in [1.82, 2.24) is 9.78 Å². The first-order chi connectivity index (χ1) is 9.13. The molecule has 19 heavy (non-hydrogen) atoms. The van der Waals surface area contributed by atoms with Gasteiger partial charge in [-0.05, 0) is 52.8 Å². The second kappa shape index (κ2) is 4.96. The largest absolute Gasteiger partial charge is 0.308 e. The van der Waals surface area contributed by atoms with Crippen LogP contribution in [0.3, 0.4) is 0 Å². The van der Waals surface area contributed by atoms with Crippen LogP contribution in [0.15, 0.2) is 30.6 Å². The molecular weight excluding hydrogens is 353 g/mol. The average Bonchev–Trinajstić information content (AvgIpc) is 2.78. The molecule has 0 N–H and O–H groups in total. The minimum Gasteiger partial charge on any atom is -0.308 e. The maximum atomic E-state index is 12.1. The van der Waals surface area contributed by atoms with E-state index in [0.29, 0.717) is 13.0 Å². The smallest absolute Gasteiger partial charge is 0.227 e. The second-order valence-corrected chi connectivity index (χ2v) is 6.02. The highest BCUT2D eigenvalue weighted by molar-refractivity contribution is 14.1. The van der Waals surface area contributed by atoms with Gasteiger partial charge in [0.25, 0.3) is 0 Å². The molecule has 98 valence electrons. The number of halogens is 1. The molecule has 0 bridgehead atoms. The maximum Gasteiger partial charge on any atom is 0.227 e. The van der Waals surface area contributed by atoms with Crippen LogP contribution in [0.1, 0.15) is 17.5 Å². The molecule has 0 fully saturated rings. The van der Waals surface area contributed by atoms with Crippen LogP contribution >= 0.6 is 22.6 Å². The van der Waals surface area contributed by atoms with Crippen LogP contribution in [0.2, 0.25) is 0 Å². The zero-order chi connectivity index (χ0) is 13.4. The Hall–Kier alpha value is -1.37. The summed E-state index contributed by atoms with van der Waals surface area (Å²) in [4.78, 5) is 14.0. The molecule has 2 heterocycles. The average molecular weight is 367 g/mol. The van der Waals surface area contributed by atoms with E-state index < -0.39 is 0 Å². The molecule has 1 aromatic heterocycles. The molecule has 5 heteroatoms. The summed E-state index contributed by atoms with van der Waals surface area (Å²) in [7, 11) is 1.89. The summed E-state index contributed by atoms with van der Waals surface area (Å²) in [5.74, 6) is 0.192. The summed E-state index contributed by atoms with van der Waals surface area (Å²) in [6, 6.07) is 6.26. The number of carbonyl (C=O) groups is 1. The van der Waals surface area contributed by atoms with Crippen LogP contribution < -0.4 is 4.90 Å². The van der Waals surface area contributed by atoms with E-state index in [-0.39, 0.29) is 5.91 Å². The van der Waals surface area contributed by atoms with Gasteiger partial charge in [-0.3, -0.25) is 9.48 Å². The summed E-state index contributed by atoms with van der Waals surface area (Å²) in [5, 5.41) is 4.15. The summed E-state index contributed by atoms with van der Waals surface area (Å²) in [6.07, 6.45) is 5.20. The Kier molecular flexibility index (Phi) is 3.30. The number of benzene rings is 1. The van der Waals surface area contributed by atoms with Gasteiger partial charge in [0.05, 0.1) is 12.7 Å². The number of amides is 1. The first-order valence-corrected chi connectivity index (χ1v) is 7.27. The third-order valence-corrected chi connectivity index (χ3v) is 4.01. The molecule has 3 rings (SSSR count). The standard InChI is InChI=1S/C14H14IN3O/c1-17-8-10(7-16-17)9-18-13-4-3-12(15)6-11(13)2-5-14(18)19/h3-4,6-8H,2,5,9H2,1H3. The van der Waals surface area contributed by atoms with E-state index in [0.717, 1.165) is 17.7 Å². The van der Waals surface area contributed by atoms with Crippen LogP contribution in [-0.4, -0.2) is 15.7 Å². The SMILES string of the molecule is Cn1cc(CN2C(=O)CCc3cc(I)ccc32)cn1. The van der Waals surface area contributed by atoms with Crippen LogP contribution in [0.5, 0.6) is 0 Å². The number of aryl methyl sites for hydroxylation is 2. The van der Waals surface area contributed by atoms with Gasteiger partial charge in [0, 0.05) is 34.5 Å². The molecule has 0 saturated carbocycles. The number of aromatic nitrogens is 2. The predicted molar refractivity (Wildman–Crippen MR) is 81.9 cm³/mol. The molecule has 0 atom stereocenters. The highest BCUT2D eigenvalue weighted by atomic mass is 127. The normalized spacial score (nSPS) is 14.6. The zero-order valence-corrected chi connectivity index (χ0v) is 12.8. The molecule has 2 aromatic rings. The summed E-state index contributed by atoms with van der Waals surface area (Å²) >= 11 is 2.31. The predicted octanol–water partition coefficient (Wildman–Crippen LogP) is 2.50. The Morgan fingerprint density at radius 2 is 2.21 bits per heavy atom. The van der Waals surface area contributed by atoms with Crippen molar-refractivity contribution in [2.75, 3.05) is 4.90 Å². The molecule has 0 spiro atoms. The lowest BCUT2D eigenvalue weighted by atomic mass is 10.0. The molecule has 0 radical (unpaired) electrons. The van der Waals surface area contributed by atoms with Gasteiger partial charge in [0.1, 0.15) is 0 Å². The summed E-state index contributed by atoms with van der Waals surface area (Å²) in [5.41, 5.74) is 3.36. The molecule has 0 saturated heterocycles. The van der Waals surface area contributed by atoms with Gasteiger partial charge in [-0.25, -0.2) is 0 Å². The Labute approximate surface area is 125 Å². The number of hydrogen-bond acceptors (Lipinski definition) is 2. The van der Waals surface area contributed by atoms with Gasteiger partial charge >= 0.3 is 0 Å². The minimum atomic E-state index is 0.192. The lowest BCUT2D eigenvalue weighted by Crippen LogP contribution is -2.34. The van der Waals surface area contributed by atoms with Crippen molar-refractivity contribution < 1.29 is 4.79 Å². The maximum absolute atomic E-state index is 12.1. The molecule has 1 aromatic carbocycles. The lowest BCUT2D eigenvalue weighted by molar-refractivity contribution is -0.119. The Morgan fingerprint density at radius 3 is 2.95 bits per heavy atom. The quantitative estimate of drug-likeness (QED) is 0.766. The molecule has 0 aliphatic carbocycles.